The number of anilines is 1. The van der Waals surface area contributed by atoms with Crippen LogP contribution in [-0.2, 0) is 11.2 Å². The van der Waals surface area contributed by atoms with Gasteiger partial charge in [0.15, 0.2) is 0 Å². The van der Waals surface area contributed by atoms with E-state index < -0.39 is 0 Å². The normalized spacial score (nSPS) is 18.5. The summed E-state index contributed by atoms with van der Waals surface area (Å²) in [6.07, 6.45) is 6.29. The van der Waals surface area contributed by atoms with Crippen molar-refractivity contribution in [1.29, 1.82) is 0 Å². The molecule has 118 valence electrons. The monoisotopic (exact) mass is 328 g/mol. The van der Waals surface area contributed by atoms with Gasteiger partial charge in [-0.1, -0.05) is 29.8 Å². The van der Waals surface area contributed by atoms with Gasteiger partial charge in [-0.2, -0.15) is 0 Å². The van der Waals surface area contributed by atoms with Gasteiger partial charge in [-0.3, -0.25) is 4.98 Å². The Hall–Kier alpha value is -2.11. The molecule has 1 atom stereocenters. The highest BCUT2D eigenvalue weighted by Crippen LogP contribution is 2.24. The van der Waals surface area contributed by atoms with Crippen LogP contribution in [0, 0.1) is 0 Å². The number of hydrogen-bond acceptors (Lipinski definition) is 4. The van der Waals surface area contributed by atoms with Crippen molar-refractivity contribution in [3.05, 3.63) is 53.6 Å². The molecule has 0 saturated carbocycles. The molecule has 0 unspecified atom stereocenters. The van der Waals surface area contributed by atoms with Gasteiger partial charge in [0.05, 0.1) is 31.6 Å². The maximum Gasteiger partial charge on any atom is 0.149 e. The lowest BCUT2D eigenvalue weighted by Gasteiger charge is -2.36. The van der Waals surface area contributed by atoms with E-state index in [-0.39, 0.29) is 6.04 Å². The third kappa shape index (κ3) is 2.90. The van der Waals surface area contributed by atoms with Crippen LogP contribution in [0.3, 0.4) is 0 Å². The molecule has 4 rings (SSSR count). The van der Waals surface area contributed by atoms with Crippen molar-refractivity contribution in [2.45, 2.75) is 12.5 Å². The number of aromatic nitrogens is 3. The highest BCUT2D eigenvalue weighted by molar-refractivity contribution is 6.29. The molecule has 1 aliphatic rings. The van der Waals surface area contributed by atoms with E-state index >= 15 is 0 Å². The zero-order valence-electron chi connectivity index (χ0n) is 12.6. The molecule has 1 aromatic carbocycles. The molecule has 0 spiro atoms. The van der Waals surface area contributed by atoms with Crippen LogP contribution >= 0.6 is 11.6 Å². The molecule has 0 amide bonds. The summed E-state index contributed by atoms with van der Waals surface area (Å²) in [4.78, 5) is 14.1. The molecule has 2 aromatic heterocycles. The minimum atomic E-state index is 0.218. The smallest absolute Gasteiger partial charge is 0.149 e. The minimum Gasteiger partial charge on any atom is -0.377 e. The Morgan fingerprint density at radius 1 is 1.30 bits per heavy atom. The van der Waals surface area contributed by atoms with Crippen molar-refractivity contribution in [3.63, 3.8) is 0 Å². The van der Waals surface area contributed by atoms with Gasteiger partial charge in [0.1, 0.15) is 11.0 Å². The summed E-state index contributed by atoms with van der Waals surface area (Å²) >= 11 is 6.00. The molecule has 23 heavy (non-hydrogen) atoms. The van der Waals surface area contributed by atoms with Gasteiger partial charge in [0, 0.05) is 23.6 Å². The second-order valence-electron chi connectivity index (χ2n) is 5.69. The summed E-state index contributed by atoms with van der Waals surface area (Å²) in [5.74, 6) is 0.811. The predicted octanol–water partition coefficient (Wildman–Crippen LogP) is 3.06. The first-order valence-corrected chi connectivity index (χ1v) is 8.06. The molecular formula is C17H17ClN4O. The first kappa shape index (κ1) is 14.5. The molecule has 1 saturated heterocycles. The van der Waals surface area contributed by atoms with Gasteiger partial charge in [-0.25, -0.2) is 4.98 Å². The van der Waals surface area contributed by atoms with Crippen LogP contribution in [0.15, 0.2) is 42.9 Å². The number of halogens is 1. The minimum absolute atomic E-state index is 0.218. The molecule has 1 N–H and O–H groups in total. The zero-order valence-corrected chi connectivity index (χ0v) is 13.3. The van der Waals surface area contributed by atoms with Crippen LogP contribution in [0.25, 0.3) is 10.9 Å². The Morgan fingerprint density at radius 2 is 2.22 bits per heavy atom. The second kappa shape index (κ2) is 6.18. The number of para-hydroxylation sites is 1. The largest absolute Gasteiger partial charge is 0.377 e. The number of nitrogens with one attached hydrogen (secondary N) is 1. The number of rotatable bonds is 3. The van der Waals surface area contributed by atoms with Crippen LogP contribution in [0.1, 0.15) is 5.56 Å². The lowest BCUT2D eigenvalue weighted by molar-refractivity contribution is 0.0937. The SMILES string of the molecule is Clc1cncc(N2CCOC[C@H]2Cc2c[nH]c3ccccc23)n1. The van der Waals surface area contributed by atoms with Gasteiger partial charge in [0.2, 0.25) is 0 Å². The van der Waals surface area contributed by atoms with Gasteiger partial charge in [-0.05, 0) is 18.1 Å². The molecule has 0 aliphatic carbocycles. The van der Waals surface area contributed by atoms with E-state index in [9.17, 15) is 0 Å². The summed E-state index contributed by atoms with van der Waals surface area (Å²) in [5, 5.41) is 1.68. The van der Waals surface area contributed by atoms with Gasteiger partial charge in [0.25, 0.3) is 0 Å². The molecule has 5 nitrogen and oxygen atoms in total. The fourth-order valence-corrected chi connectivity index (χ4v) is 3.29. The molecule has 1 fully saturated rings. The molecule has 3 heterocycles. The Bertz CT molecular complexity index is 819. The average molecular weight is 329 g/mol. The van der Waals surface area contributed by atoms with E-state index in [2.05, 4.69) is 44.2 Å². The van der Waals surface area contributed by atoms with E-state index in [1.54, 1.807) is 12.4 Å². The van der Waals surface area contributed by atoms with Crippen molar-refractivity contribution in [3.8, 4) is 0 Å². The van der Waals surface area contributed by atoms with Crippen LogP contribution in [-0.4, -0.2) is 40.8 Å². The van der Waals surface area contributed by atoms with E-state index in [4.69, 9.17) is 16.3 Å². The Labute approximate surface area is 139 Å². The first-order valence-electron chi connectivity index (χ1n) is 7.68. The number of morpholine rings is 1. The zero-order chi connectivity index (χ0) is 15.6. The van der Waals surface area contributed by atoms with Crippen LogP contribution < -0.4 is 4.90 Å². The molecule has 3 aromatic rings. The number of benzene rings is 1. The van der Waals surface area contributed by atoms with Crippen molar-refractivity contribution in [1.82, 2.24) is 15.0 Å². The summed E-state index contributed by atoms with van der Waals surface area (Å²) < 4.78 is 5.69. The van der Waals surface area contributed by atoms with E-state index in [1.165, 1.54) is 10.9 Å². The third-order valence-electron chi connectivity index (χ3n) is 4.24. The standard InChI is InChI=1S/C17H17ClN4O/c18-16-9-19-10-17(21-16)22-5-6-23-11-13(22)7-12-8-20-15-4-2-1-3-14(12)15/h1-4,8-10,13,20H,5-7,11H2/t13-/m1/s1. The van der Waals surface area contributed by atoms with E-state index in [0.717, 1.165) is 24.3 Å². The summed E-state index contributed by atoms with van der Waals surface area (Å²) in [5.41, 5.74) is 2.45. The summed E-state index contributed by atoms with van der Waals surface area (Å²) in [7, 11) is 0. The van der Waals surface area contributed by atoms with Crippen LogP contribution in [0.2, 0.25) is 5.15 Å². The Balaban J connectivity index is 1.63. The fourth-order valence-electron chi connectivity index (χ4n) is 3.15. The topological polar surface area (TPSA) is 54.0 Å². The van der Waals surface area contributed by atoms with E-state index in [0.29, 0.717) is 18.4 Å². The first-order chi connectivity index (χ1) is 11.3. The molecule has 0 radical (unpaired) electrons. The van der Waals surface area contributed by atoms with Gasteiger partial charge in [-0.15, -0.1) is 0 Å². The van der Waals surface area contributed by atoms with Crippen molar-refractivity contribution < 1.29 is 4.74 Å². The van der Waals surface area contributed by atoms with Crippen LogP contribution in [0.5, 0.6) is 0 Å². The number of aromatic amines is 1. The quantitative estimate of drug-likeness (QED) is 0.803. The Morgan fingerprint density at radius 3 is 3.13 bits per heavy atom. The summed E-state index contributed by atoms with van der Waals surface area (Å²) in [6.45, 7) is 2.16. The number of hydrogen-bond donors (Lipinski definition) is 1. The third-order valence-corrected chi connectivity index (χ3v) is 4.43. The predicted molar refractivity (Wildman–Crippen MR) is 91.0 cm³/mol. The number of ether oxygens (including phenoxy) is 1. The van der Waals surface area contributed by atoms with Crippen LogP contribution in [0.4, 0.5) is 5.82 Å². The molecule has 1 aliphatic heterocycles. The molecule has 0 bridgehead atoms. The molecular weight excluding hydrogens is 312 g/mol. The maximum atomic E-state index is 6.00. The highest BCUT2D eigenvalue weighted by Gasteiger charge is 2.25. The van der Waals surface area contributed by atoms with Crippen molar-refractivity contribution in [2.75, 3.05) is 24.7 Å². The van der Waals surface area contributed by atoms with Gasteiger partial charge >= 0.3 is 0 Å². The number of fused-ring (bicyclic) bond motifs is 1. The van der Waals surface area contributed by atoms with Crippen molar-refractivity contribution >= 4 is 28.3 Å². The fraction of sp³-hybridized carbons (Fsp3) is 0.294. The average Bonchev–Trinajstić information content (AvgIpc) is 2.99. The maximum absolute atomic E-state index is 6.00. The number of H-pyrrole nitrogens is 1. The molecule has 6 heteroatoms. The van der Waals surface area contributed by atoms with E-state index in [1.807, 2.05) is 6.07 Å². The number of nitrogens with zero attached hydrogens (tertiary/aromatic N) is 3. The Kier molecular flexibility index (Phi) is 3.89. The highest BCUT2D eigenvalue weighted by atomic mass is 35.5. The summed E-state index contributed by atoms with van der Waals surface area (Å²) in [6, 6.07) is 8.57. The van der Waals surface area contributed by atoms with Crippen molar-refractivity contribution in [2.24, 2.45) is 0 Å². The lowest BCUT2D eigenvalue weighted by Crippen LogP contribution is -2.47. The lowest BCUT2D eigenvalue weighted by atomic mass is 10.0. The van der Waals surface area contributed by atoms with Gasteiger partial charge < -0.3 is 14.6 Å². The second-order valence-corrected chi connectivity index (χ2v) is 6.07.